The molecule has 0 fully saturated rings. The number of benzene rings is 3. The van der Waals surface area contributed by atoms with Crippen molar-refractivity contribution in [2.45, 2.75) is 11.4 Å². The lowest BCUT2D eigenvalue weighted by Crippen LogP contribution is -2.25. The van der Waals surface area contributed by atoms with Crippen LogP contribution in [-0.2, 0) is 16.6 Å². The summed E-state index contributed by atoms with van der Waals surface area (Å²) in [6.07, 6.45) is 0. The minimum Gasteiger partial charge on any atom is -0.348 e. The number of hydrogen-bond donors (Lipinski definition) is 2. The summed E-state index contributed by atoms with van der Waals surface area (Å²) in [6.45, 7) is 0.160. The van der Waals surface area contributed by atoms with Crippen molar-refractivity contribution in [3.8, 4) is 0 Å². The van der Waals surface area contributed by atoms with Crippen molar-refractivity contribution in [1.82, 2.24) is 9.62 Å². The predicted octanol–water partition coefficient (Wildman–Crippen LogP) is 3.26. The van der Waals surface area contributed by atoms with Crippen LogP contribution in [0.15, 0.2) is 77.7 Å². The highest BCUT2D eigenvalue weighted by Gasteiger charge is 2.18. The molecule has 3 rings (SSSR count). The van der Waals surface area contributed by atoms with Crippen LogP contribution in [-0.4, -0.2) is 38.6 Å². The molecule has 0 spiro atoms. The highest BCUT2D eigenvalue weighted by Crippen LogP contribution is 2.16. The van der Waals surface area contributed by atoms with Crippen LogP contribution in [0.25, 0.3) is 0 Å². The summed E-state index contributed by atoms with van der Waals surface area (Å²) in [4.78, 5) is 24.8. The molecule has 0 unspecified atom stereocenters. The maximum Gasteiger partial charge on any atom is 0.255 e. The van der Waals surface area contributed by atoms with Gasteiger partial charge in [0.15, 0.2) is 0 Å². The molecule has 2 amide bonds. The van der Waals surface area contributed by atoms with Gasteiger partial charge in [0.25, 0.3) is 11.8 Å². The molecule has 0 bridgehead atoms. The average Bonchev–Trinajstić information content (AvgIpc) is 2.77. The van der Waals surface area contributed by atoms with Crippen LogP contribution in [0.5, 0.6) is 0 Å². The Morgan fingerprint density at radius 3 is 2.22 bits per heavy atom. The summed E-state index contributed by atoms with van der Waals surface area (Å²) in [7, 11) is -0.816. The van der Waals surface area contributed by atoms with Crippen molar-refractivity contribution < 1.29 is 22.4 Å². The third kappa shape index (κ3) is 5.57. The van der Waals surface area contributed by atoms with E-state index in [1.165, 1.54) is 56.6 Å². The molecule has 2 N–H and O–H groups in total. The Kier molecular flexibility index (Phi) is 7.01. The average molecular weight is 456 g/mol. The number of amides is 2. The molecular weight excluding hydrogens is 433 g/mol. The molecule has 9 heteroatoms. The van der Waals surface area contributed by atoms with Gasteiger partial charge in [-0.15, -0.1) is 0 Å². The predicted molar refractivity (Wildman–Crippen MR) is 119 cm³/mol. The number of rotatable bonds is 7. The number of sulfonamides is 1. The topological polar surface area (TPSA) is 95.6 Å². The second-order valence-electron chi connectivity index (χ2n) is 7.16. The van der Waals surface area contributed by atoms with Crippen LogP contribution in [0, 0.1) is 5.82 Å². The molecule has 3 aromatic rings. The Morgan fingerprint density at radius 1 is 0.875 bits per heavy atom. The fourth-order valence-corrected chi connectivity index (χ4v) is 3.83. The van der Waals surface area contributed by atoms with E-state index in [-0.39, 0.29) is 22.6 Å². The fourth-order valence-electron chi connectivity index (χ4n) is 2.89. The molecule has 166 valence electrons. The van der Waals surface area contributed by atoms with Crippen molar-refractivity contribution in [3.05, 3.63) is 95.3 Å². The summed E-state index contributed by atoms with van der Waals surface area (Å²) >= 11 is 0. The van der Waals surface area contributed by atoms with Crippen molar-refractivity contribution in [1.29, 1.82) is 0 Å². The van der Waals surface area contributed by atoms with E-state index < -0.39 is 27.7 Å². The third-order valence-corrected chi connectivity index (χ3v) is 6.41. The molecule has 32 heavy (non-hydrogen) atoms. The van der Waals surface area contributed by atoms with Crippen LogP contribution in [0.1, 0.15) is 26.3 Å². The van der Waals surface area contributed by atoms with E-state index in [2.05, 4.69) is 10.6 Å². The lowest BCUT2D eigenvalue weighted by Gasteiger charge is -2.12. The maximum absolute atomic E-state index is 13.3. The Hall–Kier alpha value is -3.56. The summed E-state index contributed by atoms with van der Waals surface area (Å²) in [6, 6.07) is 18.0. The molecular formula is C23H22FN3O4S. The van der Waals surface area contributed by atoms with Gasteiger partial charge in [-0.2, -0.15) is 0 Å². The molecule has 0 aliphatic carbocycles. The number of carbonyl (C=O) groups excluding carboxylic acids is 2. The molecule has 0 aliphatic heterocycles. The van der Waals surface area contributed by atoms with Crippen LogP contribution in [0.4, 0.5) is 10.1 Å². The lowest BCUT2D eigenvalue weighted by molar-refractivity contribution is 0.0949. The van der Waals surface area contributed by atoms with Gasteiger partial charge in [-0.25, -0.2) is 17.1 Å². The normalized spacial score (nSPS) is 11.2. The largest absolute Gasteiger partial charge is 0.348 e. The first-order valence-corrected chi connectivity index (χ1v) is 11.1. The van der Waals surface area contributed by atoms with Crippen molar-refractivity contribution >= 4 is 27.5 Å². The van der Waals surface area contributed by atoms with Crippen LogP contribution in [0.3, 0.4) is 0 Å². The second kappa shape index (κ2) is 9.71. The third-order valence-electron chi connectivity index (χ3n) is 4.60. The summed E-state index contributed by atoms with van der Waals surface area (Å²) in [5.41, 5.74) is 1.61. The van der Waals surface area contributed by atoms with E-state index in [0.29, 0.717) is 11.3 Å². The van der Waals surface area contributed by atoms with Gasteiger partial charge in [0.2, 0.25) is 10.0 Å². The highest BCUT2D eigenvalue weighted by atomic mass is 32.2. The van der Waals surface area contributed by atoms with E-state index >= 15 is 0 Å². The molecule has 0 saturated carbocycles. The molecule has 0 heterocycles. The van der Waals surface area contributed by atoms with E-state index in [0.717, 1.165) is 10.4 Å². The molecule has 0 radical (unpaired) electrons. The summed E-state index contributed by atoms with van der Waals surface area (Å²) < 4.78 is 38.9. The Bertz CT molecular complexity index is 1260. The molecule has 7 nitrogen and oxygen atoms in total. The number of nitrogens with one attached hydrogen (secondary N) is 2. The van der Waals surface area contributed by atoms with Crippen molar-refractivity contribution in [2.24, 2.45) is 0 Å². The fraction of sp³-hybridized carbons (Fsp3) is 0.130. The Morgan fingerprint density at radius 2 is 1.53 bits per heavy atom. The van der Waals surface area contributed by atoms with Gasteiger partial charge in [0, 0.05) is 37.5 Å². The first-order valence-electron chi connectivity index (χ1n) is 9.63. The van der Waals surface area contributed by atoms with Gasteiger partial charge >= 0.3 is 0 Å². The van der Waals surface area contributed by atoms with E-state index in [1.807, 2.05) is 0 Å². The Labute approximate surface area is 185 Å². The molecule has 0 aliphatic rings. The summed E-state index contributed by atoms with van der Waals surface area (Å²) in [5.74, 6) is -1.39. The molecule has 0 atom stereocenters. The number of halogens is 1. The van der Waals surface area contributed by atoms with E-state index in [1.54, 1.807) is 24.3 Å². The first kappa shape index (κ1) is 23.1. The summed E-state index contributed by atoms with van der Waals surface area (Å²) in [5, 5.41) is 5.42. The van der Waals surface area contributed by atoms with Gasteiger partial charge in [-0.1, -0.05) is 24.3 Å². The van der Waals surface area contributed by atoms with Crippen molar-refractivity contribution in [3.63, 3.8) is 0 Å². The molecule has 0 saturated heterocycles. The van der Waals surface area contributed by atoms with E-state index in [9.17, 15) is 22.4 Å². The highest BCUT2D eigenvalue weighted by molar-refractivity contribution is 7.89. The van der Waals surface area contributed by atoms with Crippen LogP contribution >= 0.6 is 0 Å². The van der Waals surface area contributed by atoms with Gasteiger partial charge in [0.1, 0.15) is 5.82 Å². The Balaban J connectivity index is 1.67. The minimum atomic E-state index is -3.65. The van der Waals surface area contributed by atoms with Crippen molar-refractivity contribution in [2.75, 3.05) is 19.4 Å². The number of carbonyl (C=O) groups is 2. The van der Waals surface area contributed by atoms with Crippen LogP contribution in [0.2, 0.25) is 0 Å². The zero-order valence-electron chi connectivity index (χ0n) is 17.5. The molecule has 0 aromatic heterocycles. The van der Waals surface area contributed by atoms with Gasteiger partial charge in [0.05, 0.1) is 4.90 Å². The first-order chi connectivity index (χ1) is 15.2. The van der Waals surface area contributed by atoms with E-state index in [4.69, 9.17) is 0 Å². The van der Waals surface area contributed by atoms with Crippen LogP contribution < -0.4 is 10.6 Å². The standard InChI is InChI=1S/C23H22FN3O4S/c1-27(2)32(30,31)21-11-5-8-18(14-21)22(28)25-15-16-6-3-10-20(12-16)26-23(29)17-7-4-9-19(24)13-17/h3-14H,15H2,1-2H3,(H,25,28)(H,26,29). The number of hydrogen-bond acceptors (Lipinski definition) is 4. The second-order valence-corrected chi connectivity index (χ2v) is 9.31. The lowest BCUT2D eigenvalue weighted by atomic mass is 10.1. The quantitative estimate of drug-likeness (QED) is 0.572. The smallest absolute Gasteiger partial charge is 0.255 e. The van der Waals surface area contributed by atoms with Gasteiger partial charge in [-0.05, 0) is 54.1 Å². The van der Waals surface area contributed by atoms with Gasteiger partial charge in [-0.3, -0.25) is 9.59 Å². The zero-order chi connectivity index (χ0) is 23.3. The number of anilines is 1. The minimum absolute atomic E-state index is 0.0252. The number of nitrogens with zero attached hydrogens (tertiary/aromatic N) is 1. The van der Waals surface area contributed by atoms with Gasteiger partial charge < -0.3 is 10.6 Å². The zero-order valence-corrected chi connectivity index (χ0v) is 18.3. The SMILES string of the molecule is CN(C)S(=O)(=O)c1cccc(C(=O)NCc2cccc(NC(=O)c3cccc(F)c3)c2)c1. The molecule has 3 aromatic carbocycles. The monoisotopic (exact) mass is 455 g/mol. The maximum atomic E-state index is 13.3.